The van der Waals surface area contributed by atoms with Crippen LogP contribution in [-0.4, -0.2) is 23.3 Å². The fourth-order valence-corrected chi connectivity index (χ4v) is 1.91. The van der Waals surface area contributed by atoms with Crippen molar-refractivity contribution in [2.24, 2.45) is 0 Å². The van der Waals surface area contributed by atoms with Crippen molar-refractivity contribution in [1.82, 2.24) is 5.32 Å². The van der Waals surface area contributed by atoms with Crippen LogP contribution in [0, 0.1) is 11.8 Å². The summed E-state index contributed by atoms with van der Waals surface area (Å²) in [6.07, 6.45) is 6.06. The Bertz CT molecular complexity index is 305. The van der Waals surface area contributed by atoms with Gasteiger partial charge in [0.1, 0.15) is 0 Å². The lowest BCUT2D eigenvalue weighted by Crippen LogP contribution is -2.22. The van der Waals surface area contributed by atoms with Crippen molar-refractivity contribution in [3.8, 4) is 11.8 Å². The molecule has 0 aromatic heterocycles. The molecule has 4 heteroatoms. The molecule has 3 nitrogen and oxygen atoms in total. The molecule has 1 amide bonds. The summed E-state index contributed by atoms with van der Waals surface area (Å²) in [5.74, 6) is 6.50. The van der Waals surface area contributed by atoms with Gasteiger partial charge in [0.25, 0.3) is 0 Å². The number of hydrogen-bond acceptors (Lipinski definition) is 3. The van der Waals surface area contributed by atoms with Crippen molar-refractivity contribution in [2.75, 3.05) is 12.3 Å². The molecule has 1 N–H and O–H groups in total. The van der Waals surface area contributed by atoms with Crippen LogP contribution in [0.25, 0.3) is 0 Å². The van der Waals surface area contributed by atoms with E-state index in [4.69, 9.17) is 0 Å². The highest BCUT2D eigenvalue weighted by atomic mass is 32.2. The predicted octanol–water partition coefficient (Wildman–Crippen LogP) is 2.75. The van der Waals surface area contributed by atoms with E-state index in [-0.39, 0.29) is 11.0 Å². The van der Waals surface area contributed by atoms with E-state index in [0.717, 1.165) is 12.8 Å². The normalized spacial score (nSPS) is 9.44. The third-order valence-corrected chi connectivity index (χ3v) is 3.13. The quantitative estimate of drug-likeness (QED) is 0.544. The summed E-state index contributed by atoms with van der Waals surface area (Å²) in [5, 5.41) is 2.73. The second-order valence-electron chi connectivity index (χ2n) is 4.04. The zero-order valence-corrected chi connectivity index (χ0v) is 12.2. The van der Waals surface area contributed by atoms with Crippen LogP contribution in [0.2, 0.25) is 0 Å². The zero-order chi connectivity index (χ0) is 13.6. The molecule has 0 unspecified atom stereocenters. The van der Waals surface area contributed by atoms with Gasteiger partial charge in [0.2, 0.25) is 11.0 Å². The zero-order valence-electron chi connectivity index (χ0n) is 11.4. The van der Waals surface area contributed by atoms with E-state index in [1.54, 1.807) is 0 Å². The van der Waals surface area contributed by atoms with Gasteiger partial charge in [0.05, 0.1) is 6.42 Å². The Morgan fingerprint density at radius 2 is 1.94 bits per heavy atom. The van der Waals surface area contributed by atoms with Gasteiger partial charge in [-0.25, -0.2) is 0 Å². The SMILES string of the molecule is CCCCCCC#CCC(=O)SCCNC(C)=O. The van der Waals surface area contributed by atoms with E-state index in [1.807, 2.05) is 0 Å². The molecule has 0 fully saturated rings. The van der Waals surface area contributed by atoms with E-state index in [1.165, 1.54) is 37.9 Å². The Morgan fingerprint density at radius 1 is 1.17 bits per heavy atom. The Balaban J connectivity index is 3.41. The molecule has 0 rings (SSSR count). The second-order valence-corrected chi connectivity index (χ2v) is 5.20. The number of thioether (sulfide) groups is 1. The highest BCUT2D eigenvalue weighted by Gasteiger charge is 1.99. The molecular weight excluding hydrogens is 246 g/mol. The molecular formula is C14H23NO2S. The van der Waals surface area contributed by atoms with E-state index >= 15 is 0 Å². The summed E-state index contributed by atoms with van der Waals surface area (Å²) >= 11 is 1.23. The molecule has 0 aliphatic heterocycles. The third kappa shape index (κ3) is 13.1. The van der Waals surface area contributed by atoms with Gasteiger partial charge in [-0.1, -0.05) is 43.9 Å². The molecule has 0 radical (unpaired) electrons. The maximum absolute atomic E-state index is 11.4. The van der Waals surface area contributed by atoms with Crippen molar-refractivity contribution in [1.29, 1.82) is 0 Å². The topological polar surface area (TPSA) is 46.2 Å². The van der Waals surface area contributed by atoms with Gasteiger partial charge in [-0.05, 0) is 6.42 Å². The summed E-state index contributed by atoms with van der Waals surface area (Å²) < 4.78 is 0. The standard InChI is InChI=1S/C14H23NO2S/c1-3-4-5-6-7-8-9-10-14(17)18-12-11-15-13(2)16/h3-7,10-12H2,1-2H3,(H,15,16). The van der Waals surface area contributed by atoms with Crippen LogP contribution in [0.4, 0.5) is 0 Å². The molecule has 0 heterocycles. The van der Waals surface area contributed by atoms with Crippen molar-refractivity contribution in [3.05, 3.63) is 0 Å². The molecule has 0 atom stereocenters. The van der Waals surface area contributed by atoms with Crippen molar-refractivity contribution >= 4 is 22.8 Å². The van der Waals surface area contributed by atoms with Crippen LogP contribution in [0.3, 0.4) is 0 Å². The Labute approximate surface area is 114 Å². The molecule has 0 saturated carbocycles. The predicted molar refractivity (Wildman–Crippen MR) is 77.3 cm³/mol. The Kier molecular flexibility index (Phi) is 11.8. The lowest BCUT2D eigenvalue weighted by molar-refractivity contribution is -0.118. The van der Waals surface area contributed by atoms with Crippen molar-refractivity contribution < 1.29 is 9.59 Å². The lowest BCUT2D eigenvalue weighted by Gasteiger charge is -1.99. The van der Waals surface area contributed by atoms with Crippen LogP contribution in [-0.2, 0) is 9.59 Å². The van der Waals surface area contributed by atoms with E-state index in [9.17, 15) is 9.59 Å². The van der Waals surface area contributed by atoms with Crippen LogP contribution >= 0.6 is 11.8 Å². The summed E-state index contributed by atoms with van der Waals surface area (Å²) in [5.41, 5.74) is 0. The highest BCUT2D eigenvalue weighted by Crippen LogP contribution is 2.04. The van der Waals surface area contributed by atoms with Crippen molar-refractivity contribution in [2.45, 2.75) is 52.4 Å². The van der Waals surface area contributed by atoms with Gasteiger partial charge in [-0.15, -0.1) is 5.92 Å². The number of amides is 1. The molecule has 0 aromatic rings. The summed E-state index contributed by atoms with van der Waals surface area (Å²) in [7, 11) is 0. The summed E-state index contributed by atoms with van der Waals surface area (Å²) in [6, 6.07) is 0. The van der Waals surface area contributed by atoms with Crippen LogP contribution < -0.4 is 5.32 Å². The van der Waals surface area contributed by atoms with Gasteiger partial charge < -0.3 is 5.32 Å². The van der Waals surface area contributed by atoms with E-state index in [2.05, 4.69) is 24.1 Å². The number of carbonyl (C=O) groups is 2. The third-order valence-electron chi connectivity index (χ3n) is 2.25. The smallest absolute Gasteiger partial charge is 0.216 e. The van der Waals surface area contributed by atoms with Crippen LogP contribution in [0.15, 0.2) is 0 Å². The molecule has 0 aliphatic carbocycles. The fourth-order valence-electron chi connectivity index (χ4n) is 1.31. The maximum Gasteiger partial charge on any atom is 0.216 e. The first-order valence-corrected chi connectivity index (χ1v) is 7.51. The summed E-state index contributed by atoms with van der Waals surface area (Å²) in [6.45, 7) is 4.19. The summed E-state index contributed by atoms with van der Waals surface area (Å²) in [4.78, 5) is 22.0. The number of unbranched alkanes of at least 4 members (excludes halogenated alkanes) is 4. The largest absolute Gasteiger partial charge is 0.356 e. The minimum Gasteiger partial charge on any atom is -0.356 e. The van der Waals surface area contributed by atoms with Gasteiger partial charge >= 0.3 is 0 Å². The Morgan fingerprint density at radius 3 is 2.61 bits per heavy atom. The monoisotopic (exact) mass is 269 g/mol. The first-order chi connectivity index (χ1) is 8.66. The minimum absolute atomic E-state index is 0.0603. The van der Waals surface area contributed by atoms with E-state index < -0.39 is 0 Å². The number of carbonyl (C=O) groups excluding carboxylic acids is 2. The van der Waals surface area contributed by atoms with Crippen LogP contribution in [0.1, 0.15) is 52.4 Å². The number of nitrogens with one attached hydrogen (secondary N) is 1. The van der Waals surface area contributed by atoms with Gasteiger partial charge in [-0.2, -0.15) is 0 Å². The van der Waals surface area contributed by atoms with Gasteiger partial charge in [0.15, 0.2) is 0 Å². The second kappa shape index (κ2) is 12.5. The number of rotatable bonds is 8. The van der Waals surface area contributed by atoms with Gasteiger partial charge in [0, 0.05) is 25.6 Å². The van der Waals surface area contributed by atoms with Crippen molar-refractivity contribution in [3.63, 3.8) is 0 Å². The molecule has 18 heavy (non-hydrogen) atoms. The molecule has 0 aromatic carbocycles. The molecule has 0 bridgehead atoms. The minimum atomic E-state index is -0.0603. The molecule has 0 spiro atoms. The molecule has 0 saturated heterocycles. The van der Waals surface area contributed by atoms with E-state index in [0.29, 0.717) is 18.7 Å². The average Bonchev–Trinajstić information content (AvgIpc) is 2.33. The lowest BCUT2D eigenvalue weighted by atomic mass is 10.1. The fraction of sp³-hybridized carbons (Fsp3) is 0.714. The average molecular weight is 269 g/mol. The maximum atomic E-state index is 11.4. The highest BCUT2D eigenvalue weighted by molar-refractivity contribution is 8.13. The first-order valence-electron chi connectivity index (χ1n) is 6.52. The molecule has 102 valence electrons. The Hall–Kier alpha value is -0.950. The number of hydrogen-bond donors (Lipinski definition) is 1. The van der Waals surface area contributed by atoms with Gasteiger partial charge in [-0.3, -0.25) is 9.59 Å². The molecule has 0 aliphatic rings. The first kappa shape index (κ1) is 17.1. The van der Waals surface area contributed by atoms with Crippen LogP contribution in [0.5, 0.6) is 0 Å².